The molecule has 3 N–H and O–H groups in total. The van der Waals surface area contributed by atoms with Crippen LogP contribution >= 0.6 is 0 Å². The molecule has 1 aromatic rings. The minimum Gasteiger partial charge on any atom is -0.366 e. The van der Waals surface area contributed by atoms with Crippen molar-refractivity contribution in [2.24, 2.45) is 11.7 Å². The van der Waals surface area contributed by atoms with Crippen molar-refractivity contribution >= 4 is 5.82 Å². The van der Waals surface area contributed by atoms with Crippen LogP contribution in [0.25, 0.3) is 0 Å². The Balaban J connectivity index is 2.69. The molecule has 1 aromatic heterocycles. The van der Waals surface area contributed by atoms with E-state index < -0.39 is 11.9 Å². The summed E-state index contributed by atoms with van der Waals surface area (Å²) < 4.78 is 36.7. The third-order valence-electron chi connectivity index (χ3n) is 2.56. The van der Waals surface area contributed by atoms with Crippen LogP contribution in [0.4, 0.5) is 19.0 Å². The van der Waals surface area contributed by atoms with E-state index in [1.165, 1.54) is 6.07 Å². The first-order valence-corrected chi connectivity index (χ1v) is 5.22. The minimum atomic E-state index is -4.46. The zero-order chi connectivity index (χ0) is 13.1. The lowest BCUT2D eigenvalue weighted by atomic mass is 10.0. The lowest BCUT2D eigenvalue weighted by molar-refractivity contribution is -0.141. The highest BCUT2D eigenvalue weighted by Gasteiger charge is 2.32. The molecule has 0 aliphatic rings. The van der Waals surface area contributed by atoms with E-state index in [2.05, 4.69) is 15.5 Å². The summed E-state index contributed by atoms with van der Waals surface area (Å²) in [5.74, 6) is 0.505. The molecule has 0 spiro atoms. The molecule has 7 heteroatoms. The Bertz CT molecular complexity index is 350. The van der Waals surface area contributed by atoms with Crippen molar-refractivity contribution in [3.05, 3.63) is 17.8 Å². The monoisotopic (exact) mass is 248 g/mol. The zero-order valence-corrected chi connectivity index (χ0v) is 9.62. The average Bonchev–Trinajstić information content (AvgIpc) is 2.27. The molecule has 4 nitrogen and oxygen atoms in total. The number of hydrogen-bond donors (Lipinski definition) is 2. The zero-order valence-electron chi connectivity index (χ0n) is 9.62. The van der Waals surface area contributed by atoms with Gasteiger partial charge >= 0.3 is 6.18 Å². The fourth-order valence-electron chi connectivity index (χ4n) is 1.14. The van der Waals surface area contributed by atoms with Crippen LogP contribution in [-0.4, -0.2) is 22.8 Å². The molecule has 2 atom stereocenters. The van der Waals surface area contributed by atoms with Gasteiger partial charge in [0.2, 0.25) is 0 Å². The standard InChI is InChI=1S/C10H15F3N4/c1-6(5-14)7(2)15-9-4-3-8(16-17-9)10(11,12)13/h3-4,6-7H,5,14H2,1-2H3,(H,15,17). The Labute approximate surface area is 97.4 Å². The summed E-state index contributed by atoms with van der Waals surface area (Å²) in [6.45, 7) is 4.31. The van der Waals surface area contributed by atoms with E-state index in [9.17, 15) is 13.2 Å². The van der Waals surface area contributed by atoms with Gasteiger partial charge in [-0.3, -0.25) is 0 Å². The average molecular weight is 248 g/mol. The van der Waals surface area contributed by atoms with Gasteiger partial charge < -0.3 is 11.1 Å². The van der Waals surface area contributed by atoms with Crippen LogP contribution in [0.2, 0.25) is 0 Å². The van der Waals surface area contributed by atoms with Crippen LogP contribution in [0.5, 0.6) is 0 Å². The van der Waals surface area contributed by atoms with Gasteiger partial charge in [0, 0.05) is 6.04 Å². The number of nitrogens with one attached hydrogen (secondary N) is 1. The van der Waals surface area contributed by atoms with Crippen LogP contribution in [-0.2, 0) is 6.18 Å². The fourth-order valence-corrected chi connectivity index (χ4v) is 1.14. The molecule has 0 saturated carbocycles. The van der Waals surface area contributed by atoms with E-state index in [1.54, 1.807) is 0 Å². The molecule has 17 heavy (non-hydrogen) atoms. The smallest absolute Gasteiger partial charge is 0.366 e. The number of nitrogens with zero attached hydrogens (tertiary/aromatic N) is 2. The highest BCUT2D eigenvalue weighted by molar-refractivity contribution is 5.34. The van der Waals surface area contributed by atoms with Gasteiger partial charge in [-0.15, -0.1) is 10.2 Å². The molecular weight excluding hydrogens is 233 g/mol. The molecule has 2 unspecified atom stereocenters. The maximum absolute atomic E-state index is 12.2. The summed E-state index contributed by atoms with van der Waals surface area (Å²) in [5.41, 5.74) is 4.49. The molecule has 0 aromatic carbocycles. The second-order valence-electron chi connectivity index (χ2n) is 3.95. The molecule has 0 saturated heterocycles. The van der Waals surface area contributed by atoms with Crippen LogP contribution in [0.1, 0.15) is 19.5 Å². The molecule has 0 bridgehead atoms. The molecule has 0 fully saturated rings. The first-order valence-electron chi connectivity index (χ1n) is 5.22. The number of halogens is 3. The second-order valence-corrected chi connectivity index (χ2v) is 3.95. The van der Waals surface area contributed by atoms with Gasteiger partial charge in [0.25, 0.3) is 0 Å². The number of rotatable bonds is 4. The van der Waals surface area contributed by atoms with E-state index >= 15 is 0 Å². The lowest BCUT2D eigenvalue weighted by Gasteiger charge is -2.19. The third kappa shape index (κ3) is 3.85. The van der Waals surface area contributed by atoms with Gasteiger partial charge in [0.15, 0.2) is 5.69 Å². The number of hydrogen-bond acceptors (Lipinski definition) is 4. The summed E-state index contributed by atoms with van der Waals surface area (Å²) in [5, 5.41) is 9.55. The quantitative estimate of drug-likeness (QED) is 0.854. The summed E-state index contributed by atoms with van der Waals surface area (Å²) in [4.78, 5) is 0. The molecule has 1 rings (SSSR count). The van der Waals surface area contributed by atoms with Crippen LogP contribution in [0, 0.1) is 5.92 Å². The van der Waals surface area contributed by atoms with Gasteiger partial charge in [0.05, 0.1) is 0 Å². The molecule has 96 valence electrons. The summed E-state index contributed by atoms with van der Waals surface area (Å²) in [6, 6.07) is 2.18. The van der Waals surface area contributed by atoms with Crippen molar-refractivity contribution in [1.82, 2.24) is 10.2 Å². The topological polar surface area (TPSA) is 63.8 Å². The SMILES string of the molecule is CC(CN)C(C)Nc1ccc(C(F)(F)F)nn1. The number of alkyl halides is 3. The molecule has 0 amide bonds. The van der Waals surface area contributed by atoms with Gasteiger partial charge in [-0.05, 0) is 31.5 Å². The number of anilines is 1. The van der Waals surface area contributed by atoms with E-state index in [0.29, 0.717) is 12.4 Å². The molecule has 0 aliphatic carbocycles. The first kappa shape index (κ1) is 13.7. The summed E-state index contributed by atoms with van der Waals surface area (Å²) in [7, 11) is 0. The predicted octanol–water partition coefficient (Wildman–Crippen LogP) is 1.89. The lowest BCUT2D eigenvalue weighted by Crippen LogP contribution is -2.29. The minimum absolute atomic E-state index is 0.0195. The fraction of sp³-hybridized carbons (Fsp3) is 0.600. The van der Waals surface area contributed by atoms with Crippen molar-refractivity contribution in [2.45, 2.75) is 26.1 Å². The highest BCUT2D eigenvalue weighted by Crippen LogP contribution is 2.27. The van der Waals surface area contributed by atoms with Gasteiger partial charge in [-0.1, -0.05) is 6.92 Å². The van der Waals surface area contributed by atoms with Gasteiger partial charge in [-0.2, -0.15) is 13.2 Å². The van der Waals surface area contributed by atoms with Crippen molar-refractivity contribution in [3.63, 3.8) is 0 Å². The van der Waals surface area contributed by atoms with E-state index in [1.807, 2.05) is 13.8 Å². The number of nitrogens with two attached hydrogens (primary N) is 1. The molecule has 1 heterocycles. The summed E-state index contributed by atoms with van der Waals surface area (Å²) in [6.07, 6.45) is -4.46. The molecule has 0 radical (unpaired) electrons. The highest BCUT2D eigenvalue weighted by atomic mass is 19.4. The second kappa shape index (κ2) is 5.31. The van der Waals surface area contributed by atoms with Crippen molar-refractivity contribution in [1.29, 1.82) is 0 Å². The normalized spacial score (nSPS) is 15.4. The van der Waals surface area contributed by atoms with E-state index in [4.69, 9.17) is 5.73 Å². The van der Waals surface area contributed by atoms with Crippen molar-refractivity contribution in [2.75, 3.05) is 11.9 Å². The number of aromatic nitrogens is 2. The Hall–Kier alpha value is -1.37. The van der Waals surface area contributed by atoms with Crippen LogP contribution < -0.4 is 11.1 Å². The van der Waals surface area contributed by atoms with Crippen LogP contribution in [0.15, 0.2) is 12.1 Å². The molecule has 0 aliphatic heterocycles. The maximum atomic E-state index is 12.2. The third-order valence-corrected chi connectivity index (χ3v) is 2.56. The Kier molecular flexibility index (Phi) is 4.28. The Morgan fingerprint density at radius 2 is 1.94 bits per heavy atom. The first-order chi connectivity index (χ1) is 7.84. The maximum Gasteiger partial charge on any atom is 0.435 e. The van der Waals surface area contributed by atoms with E-state index in [-0.39, 0.29) is 12.0 Å². The van der Waals surface area contributed by atoms with E-state index in [0.717, 1.165) is 6.07 Å². The Morgan fingerprint density at radius 3 is 2.35 bits per heavy atom. The van der Waals surface area contributed by atoms with Crippen molar-refractivity contribution < 1.29 is 13.2 Å². The van der Waals surface area contributed by atoms with Crippen LogP contribution in [0.3, 0.4) is 0 Å². The van der Waals surface area contributed by atoms with Gasteiger partial charge in [0.1, 0.15) is 5.82 Å². The Morgan fingerprint density at radius 1 is 1.29 bits per heavy atom. The van der Waals surface area contributed by atoms with Gasteiger partial charge in [-0.25, -0.2) is 0 Å². The largest absolute Gasteiger partial charge is 0.435 e. The predicted molar refractivity (Wildman–Crippen MR) is 58.3 cm³/mol. The van der Waals surface area contributed by atoms with Crippen molar-refractivity contribution in [3.8, 4) is 0 Å². The molecular formula is C10H15F3N4. The summed E-state index contributed by atoms with van der Waals surface area (Å²) >= 11 is 0.